The van der Waals surface area contributed by atoms with Gasteiger partial charge in [0.25, 0.3) is 0 Å². The number of thiazole rings is 1. The predicted octanol–water partition coefficient (Wildman–Crippen LogP) is 3.87. The van der Waals surface area contributed by atoms with Crippen LogP contribution in [0.25, 0.3) is 0 Å². The first-order valence-electron chi connectivity index (χ1n) is 9.37. The molecule has 0 amide bonds. The number of hydrogen-bond donors (Lipinski definition) is 2. The molecule has 1 atom stereocenters. The van der Waals surface area contributed by atoms with Crippen molar-refractivity contribution < 1.29 is 0 Å². The smallest absolute Gasteiger partial charge is 0.191 e. The number of halogens is 1. The number of anilines is 1. The second-order valence-electron chi connectivity index (χ2n) is 6.99. The second kappa shape index (κ2) is 10.8. The zero-order valence-electron chi connectivity index (χ0n) is 16.3. The van der Waals surface area contributed by atoms with Gasteiger partial charge in [-0.3, -0.25) is 4.99 Å². The minimum atomic E-state index is 0. The number of guanidine groups is 1. The largest absolute Gasteiger partial charge is 0.369 e. The summed E-state index contributed by atoms with van der Waals surface area (Å²) in [6.07, 6.45) is 2.05. The lowest BCUT2D eigenvalue weighted by Crippen LogP contribution is -2.45. The monoisotopic (exact) mass is 499 g/mol. The maximum Gasteiger partial charge on any atom is 0.191 e. The summed E-state index contributed by atoms with van der Waals surface area (Å²) in [6.45, 7) is 7.31. The van der Waals surface area contributed by atoms with Crippen molar-refractivity contribution in [1.82, 2.24) is 15.6 Å². The van der Waals surface area contributed by atoms with Crippen LogP contribution in [0.2, 0.25) is 0 Å². The molecule has 2 N–H and O–H groups in total. The molecule has 1 saturated heterocycles. The van der Waals surface area contributed by atoms with E-state index in [1.54, 1.807) is 11.3 Å². The first kappa shape index (κ1) is 21.9. The standard InChI is InChI=1S/C20H29N5S.HI/c1-15(2)19-23-17(14-26-19)9-11-22-20(21-3)24-16-10-12-25(13-16)18-7-5-4-6-8-18;/h4-8,14-16H,9-13H2,1-3H3,(H2,21,22,24);1H. The highest BCUT2D eigenvalue weighted by Gasteiger charge is 2.23. The Kier molecular flexibility index (Phi) is 8.82. The van der Waals surface area contributed by atoms with Crippen LogP contribution < -0.4 is 15.5 Å². The fourth-order valence-corrected chi connectivity index (χ4v) is 4.02. The van der Waals surface area contributed by atoms with Crippen LogP contribution in [0, 0.1) is 0 Å². The average molecular weight is 499 g/mol. The van der Waals surface area contributed by atoms with E-state index in [1.165, 1.54) is 10.7 Å². The number of aromatic nitrogens is 1. The molecule has 0 bridgehead atoms. The number of benzene rings is 1. The molecule has 7 heteroatoms. The lowest BCUT2D eigenvalue weighted by Gasteiger charge is -2.20. The number of para-hydroxylation sites is 1. The number of hydrogen-bond acceptors (Lipinski definition) is 4. The van der Waals surface area contributed by atoms with Gasteiger partial charge in [0.2, 0.25) is 0 Å². The predicted molar refractivity (Wildman–Crippen MR) is 127 cm³/mol. The highest BCUT2D eigenvalue weighted by molar-refractivity contribution is 14.0. The van der Waals surface area contributed by atoms with Gasteiger partial charge in [-0.05, 0) is 18.6 Å². The molecule has 2 aromatic rings. The molecule has 1 aromatic carbocycles. The molecular formula is C20H30IN5S. The van der Waals surface area contributed by atoms with E-state index >= 15 is 0 Å². The van der Waals surface area contributed by atoms with E-state index in [0.717, 1.165) is 44.1 Å². The molecule has 5 nitrogen and oxygen atoms in total. The summed E-state index contributed by atoms with van der Waals surface area (Å²) in [5.41, 5.74) is 2.46. The lowest BCUT2D eigenvalue weighted by atomic mass is 10.2. The molecule has 1 aliphatic heterocycles. The molecule has 3 rings (SSSR count). The van der Waals surface area contributed by atoms with Gasteiger partial charge in [0.15, 0.2) is 5.96 Å². The van der Waals surface area contributed by atoms with E-state index in [9.17, 15) is 0 Å². The maximum atomic E-state index is 4.69. The zero-order valence-corrected chi connectivity index (χ0v) is 19.5. The first-order valence-corrected chi connectivity index (χ1v) is 10.2. The van der Waals surface area contributed by atoms with Gasteiger partial charge in [-0.1, -0.05) is 32.0 Å². The fourth-order valence-electron chi connectivity index (χ4n) is 3.15. The molecule has 0 radical (unpaired) electrons. The van der Waals surface area contributed by atoms with E-state index < -0.39 is 0 Å². The Labute approximate surface area is 183 Å². The lowest BCUT2D eigenvalue weighted by molar-refractivity contribution is 0.647. The molecule has 1 aromatic heterocycles. The fraction of sp³-hybridized carbons (Fsp3) is 0.500. The molecule has 1 fully saturated rings. The summed E-state index contributed by atoms with van der Waals surface area (Å²) < 4.78 is 0. The van der Waals surface area contributed by atoms with Crippen molar-refractivity contribution in [3.63, 3.8) is 0 Å². The van der Waals surface area contributed by atoms with Gasteiger partial charge in [-0.15, -0.1) is 35.3 Å². The Bertz CT molecular complexity index is 716. The summed E-state index contributed by atoms with van der Waals surface area (Å²) in [7, 11) is 1.83. The van der Waals surface area contributed by atoms with Crippen molar-refractivity contribution in [1.29, 1.82) is 0 Å². The summed E-state index contributed by atoms with van der Waals surface area (Å²) in [6, 6.07) is 11.0. The number of nitrogens with one attached hydrogen (secondary N) is 2. The Morgan fingerprint density at radius 3 is 2.78 bits per heavy atom. The van der Waals surface area contributed by atoms with Crippen LogP contribution in [-0.2, 0) is 6.42 Å². The van der Waals surface area contributed by atoms with Crippen molar-refractivity contribution in [3.05, 3.63) is 46.4 Å². The van der Waals surface area contributed by atoms with Crippen molar-refractivity contribution >= 4 is 47.0 Å². The summed E-state index contributed by atoms with van der Waals surface area (Å²) in [5.74, 6) is 1.38. The average Bonchev–Trinajstić information content (AvgIpc) is 3.31. The van der Waals surface area contributed by atoms with Crippen LogP contribution in [0.1, 0.15) is 36.9 Å². The molecule has 0 saturated carbocycles. The Morgan fingerprint density at radius 1 is 1.33 bits per heavy atom. The molecular weight excluding hydrogens is 469 g/mol. The molecule has 0 aliphatic carbocycles. The molecule has 2 heterocycles. The normalized spacial score (nSPS) is 17.1. The van der Waals surface area contributed by atoms with Crippen molar-refractivity contribution in [2.45, 2.75) is 38.6 Å². The van der Waals surface area contributed by atoms with Crippen LogP contribution in [-0.4, -0.2) is 43.7 Å². The summed E-state index contributed by atoms with van der Waals surface area (Å²) in [5, 5.41) is 10.4. The Hall–Kier alpha value is -1.35. The molecule has 27 heavy (non-hydrogen) atoms. The van der Waals surface area contributed by atoms with E-state index in [1.807, 2.05) is 7.05 Å². The topological polar surface area (TPSA) is 52.6 Å². The van der Waals surface area contributed by atoms with Gasteiger partial charge >= 0.3 is 0 Å². The van der Waals surface area contributed by atoms with Gasteiger partial charge < -0.3 is 15.5 Å². The van der Waals surface area contributed by atoms with Gasteiger partial charge in [-0.25, -0.2) is 4.98 Å². The summed E-state index contributed by atoms with van der Waals surface area (Å²) in [4.78, 5) is 11.5. The SMILES string of the molecule is CN=C(NCCc1csc(C(C)C)n1)NC1CCN(c2ccccc2)C1.I. The van der Waals surface area contributed by atoms with Crippen LogP contribution in [0.5, 0.6) is 0 Å². The zero-order chi connectivity index (χ0) is 18.4. The van der Waals surface area contributed by atoms with E-state index in [-0.39, 0.29) is 24.0 Å². The van der Waals surface area contributed by atoms with Gasteiger partial charge in [0.1, 0.15) is 0 Å². The van der Waals surface area contributed by atoms with Crippen LogP contribution in [0.15, 0.2) is 40.7 Å². The van der Waals surface area contributed by atoms with Crippen LogP contribution in [0.3, 0.4) is 0 Å². The molecule has 1 aliphatic rings. The third kappa shape index (κ3) is 6.34. The number of rotatable bonds is 6. The van der Waals surface area contributed by atoms with Gasteiger partial charge in [0.05, 0.1) is 10.7 Å². The van der Waals surface area contributed by atoms with Gasteiger partial charge in [-0.2, -0.15) is 0 Å². The molecule has 1 unspecified atom stereocenters. The van der Waals surface area contributed by atoms with E-state index in [4.69, 9.17) is 4.98 Å². The van der Waals surface area contributed by atoms with Gasteiger partial charge in [0, 0.05) is 56.1 Å². The molecule has 148 valence electrons. The highest BCUT2D eigenvalue weighted by Crippen LogP contribution is 2.20. The highest BCUT2D eigenvalue weighted by atomic mass is 127. The first-order chi connectivity index (χ1) is 12.7. The third-order valence-corrected chi connectivity index (χ3v) is 5.81. The minimum Gasteiger partial charge on any atom is -0.369 e. The quantitative estimate of drug-likeness (QED) is 0.360. The van der Waals surface area contributed by atoms with Crippen LogP contribution in [0.4, 0.5) is 5.69 Å². The Balaban J connectivity index is 0.00000261. The van der Waals surface area contributed by atoms with E-state index in [2.05, 4.69) is 70.1 Å². The number of aliphatic imine (C=N–C) groups is 1. The van der Waals surface area contributed by atoms with Crippen molar-refractivity contribution in [3.8, 4) is 0 Å². The van der Waals surface area contributed by atoms with E-state index in [0.29, 0.717) is 12.0 Å². The third-order valence-electron chi connectivity index (χ3n) is 4.61. The molecule has 0 spiro atoms. The van der Waals surface area contributed by atoms with Crippen molar-refractivity contribution in [2.75, 3.05) is 31.6 Å². The second-order valence-corrected chi connectivity index (χ2v) is 7.88. The maximum absolute atomic E-state index is 4.69. The number of nitrogens with zero attached hydrogens (tertiary/aromatic N) is 3. The Morgan fingerprint density at radius 2 is 2.11 bits per heavy atom. The van der Waals surface area contributed by atoms with Crippen molar-refractivity contribution in [2.24, 2.45) is 4.99 Å². The van der Waals surface area contributed by atoms with Crippen LogP contribution >= 0.6 is 35.3 Å². The minimum absolute atomic E-state index is 0. The summed E-state index contributed by atoms with van der Waals surface area (Å²) >= 11 is 1.76.